The fraction of sp³-hybridized carbons (Fsp3) is 0.545. The van der Waals surface area contributed by atoms with Crippen molar-refractivity contribution in [2.24, 2.45) is 0 Å². The average Bonchev–Trinajstić information content (AvgIpc) is 2.93. The smallest absolute Gasteiger partial charge is 0.342 e. The lowest BCUT2D eigenvalue weighted by atomic mass is 10.0. The van der Waals surface area contributed by atoms with Gasteiger partial charge in [-0.1, -0.05) is 31.8 Å². The second kappa shape index (κ2) is 9.76. The molecular weight excluding hydrogens is 404 g/mol. The molecule has 1 aliphatic rings. The molecule has 2 rings (SSSR count). The van der Waals surface area contributed by atoms with Gasteiger partial charge < -0.3 is 28.8 Å². The summed E-state index contributed by atoms with van der Waals surface area (Å²) in [5.41, 5.74) is 0.546. The molecule has 166 valence electrons. The molecule has 1 aliphatic heterocycles. The van der Waals surface area contributed by atoms with Crippen LogP contribution < -0.4 is 4.74 Å². The zero-order chi connectivity index (χ0) is 22.5. The van der Waals surface area contributed by atoms with Gasteiger partial charge in [-0.3, -0.25) is 0 Å². The first kappa shape index (κ1) is 24.1. The summed E-state index contributed by atoms with van der Waals surface area (Å²) in [4.78, 5) is 23.9. The molecule has 0 radical (unpaired) electrons. The van der Waals surface area contributed by atoms with Crippen LogP contribution in [0.25, 0.3) is 6.08 Å². The number of aromatic hydroxyl groups is 1. The Bertz CT molecular complexity index is 795. The van der Waals surface area contributed by atoms with Gasteiger partial charge in [0, 0.05) is 14.1 Å². The number of hydrogen-bond acceptors (Lipinski definition) is 7. The zero-order valence-corrected chi connectivity index (χ0v) is 19.6. The number of phenolic OH excluding ortho intramolecular Hbond substituents is 1. The van der Waals surface area contributed by atoms with Crippen LogP contribution in [0.15, 0.2) is 18.2 Å². The number of hydrogen-bond donors (Lipinski definition) is 1. The van der Waals surface area contributed by atoms with Crippen molar-refractivity contribution in [3.63, 3.8) is 0 Å². The summed E-state index contributed by atoms with van der Waals surface area (Å²) in [6.07, 6.45) is 3.50. The summed E-state index contributed by atoms with van der Waals surface area (Å²) in [6, 6.07) is 3.87. The molecule has 7 nitrogen and oxygen atoms in total. The van der Waals surface area contributed by atoms with Gasteiger partial charge in [0.1, 0.15) is 23.2 Å². The molecule has 1 fully saturated rings. The Morgan fingerprint density at radius 3 is 2.57 bits per heavy atom. The van der Waals surface area contributed by atoms with E-state index in [4.69, 9.17) is 18.9 Å². The van der Waals surface area contributed by atoms with Crippen LogP contribution in [0.1, 0.15) is 36.2 Å². The molecule has 2 unspecified atom stereocenters. The lowest BCUT2D eigenvalue weighted by Crippen LogP contribution is -2.23. The standard InChI is InChI=1S/C22H32O7Si/c1-22(2)28-18(19(14-23)29-22)9-7-8-15-12-16(26-3)13-17(24)20(15)21(25)27-10-11-30(4,5)6/h7-8,12-14,18-19,24H,9-11H2,1-6H3/b8-7+. The van der Waals surface area contributed by atoms with Crippen LogP contribution in [-0.2, 0) is 19.0 Å². The molecule has 8 heteroatoms. The van der Waals surface area contributed by atoms with E-state index in [0.717, 1.165) is 12.3 Å². The highest BCUT2D eigenvalue weighted by Gasteiger charge is 2.40. The average molecular weight is 437 g/mol. The van der Waals surface area contributed by atoms with Gasteiger partial charge in [0.25, 0.3) is 0 Å². The molecule has 0 bridgehead atoms. The zero-order valence-electron chi connectivity index (χ0n) is 18.6. The Morgan fingerprint density at radius 2 is 1.97 bits per heavy atom. The van der Waals surface area contributed by atoms with Crippen LogP contribution in [-0.4, -0.2) is 57.1 Å². The van der Waals surface area contributed by atoms with Crippen molar-refractivity contribution in [1.29, 1.82) is 0 Å². The fourth-order valence-corrected chi connectivity index (χ4v) is 3.82. The number of phenols is 1. The number of carbonyl (C=O) groups excluding carboxylic acids is 2. The van der Waals surface area contributed by atoms with E-state index in [1.54, 1.807) is 32.1 Å². The minimum atomic E-state index is -1.35. The van der Waals surface area contributed by atoms with Gasteiger partial charge in [-0.25, -0.2) is 4.79 Å². The molecule has 1 aromatic rings. The van der Waals surface area contributed by atoms with Crippen molar-refractivity contribution in [3.05, 3.63) is 29.3 Å². The van der Waals surface area contributed by atoms with Gasteiger partial charge in [0.05, 0.1) is 19.8 Å². The Morgan fingerprint density at radius 1 is 1.27 bits per heavy atom. The quantitative estimate of drug-likeness (QED) is 0.355. The minimum absolute atomic E-state index is 0.0819. The third-order valence-electron chi connectivity index (χ3n) is 4.67. The number of aldehydes is 1. The Balaban J connectivity index is 2.19. The van der Waals surface area contributed by atoms with Gasteiger partial charge in [-0.05, 0) is 37.9 Å². The number of benzene rings is 1. The predicted octanol–water partition coefficient (Wildman–Crippen LogP) is 4.02. The molecule has 0 spiro atoms. The molecule has 0 aliphatic carbocycles. The Kier molecular flexibility index (Phi) is 7.85. The second-order valence-corrected chi connectivity index (χ2v) is 14.6. The molecular formula is C22H32O7Si. The monoisotopic (exact) mass is 436 g/mol. The molecule has 0 aromatic heterocycles. The summed E-state index contributed by atoms with van der Waals surface area (Å²) >= 11 is 0. The second-order valence-electron chi connectivity index (χ2n) is 8.97. The van der Waals surface area contributed by atoms with E-state index >= 15 is 0 Å². The normalized spacial score (nSPS) is 21.0. The molecule has 30 heavy (non-hydrogen) atoms. The highest BCUT2D eigenvalue weighted by molar-refractivity contribution is 6.76. The SMILES string of the molecule is COc1cc(O)c(C(=O)OCC[Si](C)(C)C)c(/C=C/CC2OC(C)(C)OC2C=O)c1. The van der Waals surface area contributed by atoms with E-state index in [-0.39, 0.29) is 11.3 Å². The summed E-state index contributed by atoms with van der Waals surface area (Å²) < 4.78 is 21.9. The molecule has 1 N–H and O–H groups in total. The van der Waals surface area contributed by atoms with Crippen molar-refractivity contribution < 1.29 is 33.6 Å². The number of rotatable bonds is 9. The molecule has 1 heterocycles. The highest BCUT2D eigenvalue weighted by Crippen LogP contribution is 2.32. The molecule has 0 saturated carbocycles. The van der Waals surface area contributed by atoms with Crippen LogP contribution in [0.3, 0.4) is 0 Å². The number of methoxy groups -OCH3 is 1. The van der Waals surface area contributed by atoms with Gasteiger partial charge >= 0.3 is 5.97 Å². The van der Waals surface area contributed by atoms with Crippen molar-refractivity contribution in [3.8, 4) is 11.5 Å². The van der Waals surface area contributed by atoms with E-state index in [9.17, 15) is 14.7 Å². The van der Waals surface area contributed by atoms with Crippen molar-refractivity contribution in [2.75, 3.05) is 13.7 Å². The predicted molar refractivity (Wildman–Crippen MR) is 117 cm³/mol. The topological polar surface area (TPSA) is 91.3 Å². The van der Waals surface area contributed by atoms with E-state index in [1.165, 1.54) is 13.2 Å². The summed E-state index contributed by atoms with van der Waals surface area (Å²) in [5.74, 6) is -1.21. The van der Waals surface area contributed by atoms with Gasteiger partial charge in [-0.15, -0.1) is 0 Å². The summed E-state index contributed by atoms with van der Waals surface area (Å²) in [6.45, 7) is 10.4. The fourth-order valence-electron chi connectivity index (χ4n) is 3.11. The van der Waals surface area contributed by atoms with Crippen LogP contribution in [0.5, 0.6) is 11.5 Å². The highest BCUT2D eigenvalue weighted by atomic mass is 28.3. The van der Waals surface area contributed by atoms with Crippen LogP contribution in [0, 0.1) is 0 Å². The van der Waals surface area contributed by atoms with E-state index < -0.39 is 32.0 Å². The van der Waals surface area contributed by atoms with Crippen molar-refractivity contribution >= 4 is 26.4 Å². The van der Waals surface area contributed by atoms with Gasteiger partial charge in [0.2, 0.25) is 0 Å². The number of esters is 1. The summed E-state index contributed by atoms with van der Waals surface area (Å²) in [7, 11) is 0.128. The summed E-state index contributed by atoms with van der Waals surface area (Å²) in [5, 5.41) is 10.4. The van der Waals surface area contributed by atoms with Crippen LogP contribution in [0.4, 0.5) is 0 Å². The molecule has 1 aromatic carbocycles. The maximum atomic E-state index is 12.6. The first-order valence-electron chi connectivity index (χ1n) is 10.0. The maximum absolute atomic E-state index is 12.6. The van der Waals surface area contributed by atoms with E-state index in [0.29, 0.717) is 24.3 Å². The van der Waals surface area contributed by atoms with Crippen molar-refractivity contribution in [1.82, 2.24) is 0 Å². The van der Waals surface area contributed by atoms with E-state index in [1.807, 2.05) is 0 Å². The van der Waals surface area contributed by atoms with Crippen LogP contribution >= 0.6 is 0 Å². The lowest BCUT2D eigenvalue weighted by molar-refractivity contribution is -0.149. The minimum Gasteiger partial charge on any atom is -0.507 e. The first-order valence-corrected chi connectivity index (χ1v) is 13.7. The third kappa shape index (κ3) is 6.68. The Labute approximate surface area is 179 Å². The van der Waals surface area contributed by atoms with Crippen LogP contribution in [0.2, 0.25) is 25.7 Å². The maximum Gasteiger partial charge on any atom is 0.342 e. The molecule has 1 saturated heterocycles. The number of ether oxygens (including phenoxy) is 4. The number of carbonyl (C=O) groups is 2. The van der Waals surface area contributed by atoms with Crippen molar-refractivity contribution in [2.45, 2.75) is 63.9 Å². The lowest BCUT2D eigenvalue weighted by Gasteiger charge is -2.16. The molecule has 0 amide bonds. The molecule has 2 atom stereocenters. The van der Waals surface area contributed by atoms with Gasteiger partial charge in [0.15, 0.2) is 12.1 Å². The van der Waals surface area contributed by atoms with Gasteiger partial charge in [-0.2, -0.15) is 0 Å². The first-order chi connectivity index (χ1) is 14.0. The van der Waals surface area contributed by atoms with E-state index in [2.05, 4.69) is 19.6 Å². The Hall–Kier alpha value is -2.16. The largest absolute Gasteiger partial charge is 0.507 e. The third-order valence-corrected chi connectivity index (χ3v) is 6.37.